The Morgan fingerprint density at radius 2 is 1.59 bits per heavy atom. The van der Waals surface area contributed by atoms with Gasteiger partial charge in [0.05, 0.1) is 10.4 Å². The number of hydrogen-bond donors (Lipinski definition) is 0. The van der Waals surface area contributed by atoms with Crippen LogP contribution in [0.2, 0.25) is 5.54 Å². The van der Waals surface area contributed by atoms with E-state index in [1.54, 1.807) is 16.4 Å². The van der Waals surface area contributed by atoms with Crippen LogP contribution in [-0.4, -0.2) is 54.4 Å². The molecular weight excluding hydrogens is 466 g/mol. The molecule has 0 saturated carbocycles. The van der Waals surface area contributed by atoms with Crippen LogP contribution < -0.4 is 0 Å². The van der Waals surface area contributed by atoms with Crippen molar-refractivity contribution in [2.75, 3.05) is 32.9 Å². The van der Waals surface area contributed by atoms with E-state index in [4.69, 9.17) is 13.3 Å². The largest absolute Gasteiger partial charge is 0.508 e. The number of fused-ring (bicyclic) bond motifs is 1. The van der Waals surface area contributed by atoms with Crippen LogP contribution >= 0.6 is 0 Å². The number of nitrogens with zero attached hydrogens (tertiary/aromatic N) is 1. The number of hydrogen-bond acceptors (Lipinski definition) is 5. The Kier molecular flexibility index (Phi) is 8.98. The zero-order valence-corrected chi connectivity index (χ0v) is 23.4. The molecule has 8 heteroatoms. The first-order valence-electron chi connectivity index (χ1n) is 12.5. The van der Waals surface area contributed by atoms with Gasteiger partial charge in [0.15, 0.2) is 0 Å². The van der Waals surface area contributed by atoms with Gasteiger partial charge in [-0.2, -0.15) is 4.31 Å². The molecule has 3 rings (SSSR count). The molecule has 1 saturated heterocycles. The lowest BCUT2D eigenvalue weighted by atomic mass is 9.87. The van der Waals surface area contributed by atoms with Crippen molar-refractivity contribution in [3.05, 3.63) is 53.6 Å². The van der Waals surface area contributed by atoms with Crippen molar-refractivity contribution in [3.63, 3.8) is 0 Å². The third kappa shape index (κ3) is 5.42. The lowest BCUT2D eigenvalue weighted by Gasteiger charge is -2.38. The summed E-state index contributed by atoms with van der Waals surface area (Å²) in [5, 5.41) is 0. The molecule has 0 aromatic heterocycles. The van der Waals surface area contributed by atoms with E-state index in [-0.39, 0.29) is 17.4 Å². The highest BCUT2D eigenvalue weighted by molar-refractivity contribution is 7.89. The highest BCUT2D eigenvalue weighted by Crippen LogP contribution is 2.49. The summed E-state index contributed by atoms with van der Waals surface area (Å²) >= 11 is 0. The first-order valence-corrected chi connectivity index (χ1v) is 15.7. The quantitative estimate of drug-likeness (QED) is 0.322. The number of sulfonamides is 1. The second-order valence-electron chi connectivity index (χ2n) is 9.57. The minimum absolute atomic E-state index is 0.0136. The number of aryl methyl sites for hydroxylation is 1. The van der Waals surface area contributed by atoms with Gasteiger partial charge in [-0.15, -0.1) is 0 Å². The maximum Gasteiger partial charge on any atom is 0.508 e. The molecule has 0 bridgehead atoms. The van der Waals surface area contributed by atoms with Gasteiger partial charge in [-0.1, -0.05) is 55.3 Å². The van der Waals surface area contributed by atoms with Gasteiger partial charge in [-0.05, 0) is 64.0 Å². The SMILES string of the molecule is C=C1CC(C(C)C)=C[C@H]([Si](OCC)(OCC)OCC)[C@H]2CN(S(=O)(=O)c3ccc(C)cc3)C[C@@H]12. The van der Waals surface area contributed by atoms with Crippen molar-refractivity contribution in [2.45, 2.75) is 58.4 Å². The summed E-state index contributed by atoms with van der Waals surface area (Å²) < 4.78 is 47.8. The third-order valence-electron chi connectivity index (χ3n) is 6.99. The summed E-state index contributed by atoms with van der Waals surface area (Å²) in [5.41, 5.74) is 3.29. The summed E-state index contributed by atoms with van der Waals surface area (Å²) in [6.07, 6.45) is 3.05. The minimum atomic E-state index is -3.62. The normalized spacial score (nSPS) is 24.3. The lowest BCUT2D eigenvalue weighted by Crippen LogP contribution is -2.53. The predicted octanol–water partition coefficient (Wildman–Crippen LogP) is 5.19. The maximum atomic E-state index is 13.6. The Morgan fingerprint density at radius 3 is 2.09 bits per heavy atom. The van der Waals surface area contributed by atoms with E-state index in [1.165, 1.54) is 5.57 Å². The molecule has 0 N–H and O–H groups in total. The fraction of sp³-hybridized carbons (Fsp3) is 0.615. The van der Waals surface area contributed by atoms with Crippen LogP contribution in [0.25, 0.3) is 0 Å². The number of benzene rings is 1. The Hall–Kier alpha value is -1.29. The number of rotatable bonds is 10. The second-order valence-corrected chi connectivity index (χ2v) is 14.2. The van der Waals surface area contributed by atoms with E-state index in [0.29, 0.717) is 43.7 Å². The van der Waals surface area contributed by atoms with E-state index < -0.39 is 18.8 Å². The molecule has 3 atom stereocenters. The van der Waals surface area contributed by atoms with Gasteiger partial charge in [0.1, 0.15) is 0 Å². The van der Waals surface area contributed by atoms with Crippen molar-refractivity contribution in [3.8, 4) is 0 Å². The first kappa shape index (κ1) is 27.3. The van der Waals surface area contributed by atoms with Crippen molar-refractivity contribution in [2.24, 2.45) is 17.8 Å². The molecule has 0 radical (unpaired) electrons. The van der Waals surface area contributed by atoms with Crippen molar-refractivity contribution >= 4 is 18.8 Å². The molecule has 1 aliphatic carbocycles. The molecule has 0 unspecified atom stereocenters. The Morgan fingerprint density at radius 1 is 1.03 bits per heavy atom. The molecular formula is C26H41NO5SSi. The maximum absolute atomic E-state index is 13.6. The first-order chi connectivity index (χ1) is 16.1. The van der Waals surface area contributed by atoms with Gasteiger partial charge in [0.2, 0.25) is 10.0 Å². The Balaban J connectivity index is 2.07. The molecule has 1 fully saturated rings. The summed E-state index contributed by atoms with van der Waals surface area (Å²) in [5.74, 6) is 0.355. The molecule has 1 aromatic rings. The molecule has 1 aliphatic heterocycles. The third-order valence-corrected chi connectivity index (χ3v) is 12.3. The van der Waals surface area contributed by atoms with E-state index in [9.17, 15) is 8.42 Å². The molecule has 190 valence electrons. The molecule has 1 aromatic carbocycles. The lowest BCUT2D eigenvalue weighted by molar-refractivity contribution is 0.0583. The minimum Gasteiger partial charge on any atom is -0.373 e. The van der Waals surface area contributed by atoms with Crippen LogP contribution in [0, 0.1) is 24.7 Å². The zero-order chi connectivity index (χ0) is 25.1. The van der Waals surface area contributed by atoms with Gasteiger partial charge >= 0.3 is 8.80 Å². The van der Waals surface area contributed by atoms with Crippen LogP contribution in [0.4, 0.5) is 0 Å². The predicted molar refractivity (Wildman–Crippen MR) is 138 cm³/mol. The molecule has 2 aliphatic rings. The van der Waals surface area contributed by atoms with Crippen LogP contribution in [0.3, 0.4) is 0 Å². The van der Waals surface area contributed by atoms with E-state index >= 15 is 0 Å². The van der Waals surface area contributed by atoms with E-state index in [2.05, 4.69) is 26.5 Å². The van der Waals surface area contributed by atoms with Crippen molar-refractivity contribution in [1.29, 1.82) is 0 Å². The van der Waals surface area contributed by atoms with Crippen LogP contribution in [-0.2, 0) is 23.3 Å². The molecule has 0 amide bonds. The summed E-state index contributed by atoms with van der Waals surface area (Å²) in [6, 6.07) is 7.08. The number of allylic oxidation sites excluding steroid dienone is 2. The van der Waals surface area contributed by atoms with Crippen molar-refractivity contribution < 1.29 is 21.7 Å². The van der Waals surface area contributed by atoms with Gasteiger partial charge in [-0.3, -0.25) is 0 Å². The molecule has 34 heavy (non-hydrogen) atoms. The highest BCUT2D eigenvalue weighted by atomic mass is 32.2. The van der Waals surface area contributed by atoms with Crippen LogP contribution in [0.5, 0.6) is 0 Å². The average molecular weight is 508 g/mol. The average Bonchev–Trinajstić information content (AvgIpc) is 3.17. The highest BCUT2D eigenvalue weighted by Gasteiger charge is 2.57. The summed E-state index contributed by atoms with van der Waals surface area (Å²) in [7, 11) is -6.76. The summed E-state index contributed by atoms with van der Waals surface area (Å²) in [4.78, 5) is 0.332. The zero-order valence-electron chi connectivity index (χ0n) is 21.5. The van der Waals surface area contributed by atoms with Crippen LogP contribution in [0.15, 0.2) is 53.0 Å². The second kappa shape index (κ2) is 11.2. The molecule has 1 heterocycles. The Bertz CT molecular complexity index is 972. The fourth-order valence-electron chi connectivity index (χ4n) is 5.23. The Labute approximate surface area is 207 Å². The van der Waals surface area contributed by atoms with Gasteiger partial charge in [-0.25, -0.2) is 8.42 Å². The smallest absolute Gasteiger partial charge is 0.373 e. The fourth-order valence-corrected chi connectivity index (χ4v) is 10.0. The molecule has 6 nitrogen and oxygen atoms in total. The van der Waals surface area contributed by atoms with Gasteiger partial charge < -0.3 is 13.3 Å². The van der Waals surface area contributed by atoms with Crippen molar-refractivity contribution in [1.82, 2.24) is 4.31 Å². The monoisotopic (exact) mass is 507 g/mol. The van der Waals surface area contributed by atoms with Gasteiger partial charge in [0, 0.05) is 32.9 Å². The summed E-state index contributed by atoms with van der Waals surface area (Å²) in [6.45, 7) is 18.9. The van der Waals surface area contributed by atoms with E-state index in [1.807, 2.05) is 39.8 Å². The van der Waals surface area contributed by atoms with Gasteiger partial charge in [0.25, 0.3) is 0 Å². The van der Waals surface area contributed by atoms with Crippen LogP contribution in [0.1, 0.15) is 46.6 Å². The standard InChI is InChI=1S/C26H41NO5SSi/c1-8-30-34(31-9-2,32-10-3)26-16-22(19(4)5)15-21(7)24-17-27(18-25(24)26)33(28,29)23-13-11-20(6)12-14-23/h11-14,16,19,24-26H,7-10,15,17-18H2,1-6H3/t24-,25-,26-/m0/s1. The topological polar surface area (TPSA) is 65.1 Å². The van der Waals surface area contributed by atoms with E-state index in [0.717, 1.165) is 17.6 Å². The molecule has 0 spiro atoms.